The largest absolute Gasteiger partial charge is 0.316 e. The third-order valence-electron chi connectivity index (χ3n) is 6.26. The monoisotopic (exact) mass is 437 g/mol. The van der Waals surface area contributed by atoms with E-state index in [0.717, 1.165) is 12.5 Å². The summed E-state index contributed by atoms with van der Waals surface area (Å²) in [4.78, 5) is 50.1. The predicted molar refractivity (Wildman–Crippen MR) is 113 cm³/mol. The summed E-state index contributed by atoms with van der Waals surface area (Å²) >= 11 is 5.79. The van der Waals surface area contributed by atoms with E-state index >= 15 is 0 Å². The number of nitro benzene ring substituents is 1. The number of hydrogen-bond donors (Lipinski definition) is 1. The maximum absolute atomic E-state index is 12.9. The predicted octanol–water partition coefficient (Wildman–Crippen LogP) is 3.81. The zero-order valence-corrected chi connectivity index (χ0v) is 16.8. The summed E-state index contributed by atoms with van der Waals surface area (Å²) in [7, 11) is 0. The van der Waals surface area contributed by atoms with Crippen LogP contribution in [0, 0.1) is 33.8 Å². The molecule has 1 saturated carbocycles. The molecule has 5 rings (SSSR count). The van der Waals surface area contributed by atoms with E-state index in [1.165, 1.54) is 41.3 Å². The Hall–Kier alpha value is -3.52. The molecule has 0 aromatic heterocycles. The van der Waals surface area contributed by atoms with Crippen LogP contribution in [0.3, 0.4) is 0 Å². The van der Waals surface area contributed by atoms with Crippen LogP contribution in [0.15, 0.2) is 54.6 Å². The number of carbonyl (C=O) groups excluding carboxylic acids is 3. The van der Waals surface area contributed by atoms with Crippen LogP contribution in [0.4, 0.5) is 17.1 Å². The van der Waals surface area contributed by atoms with Gasteiger partial charge in [-0.2, -0.15) is 0 Å². The van der Waals surface area contributed by atoms with Gasteiger partial charge in [0.25, 0.3) is 11.6 Å². The molecule has 1 N–H and O–H groups in total. The third-order valence-corrected chi connectivity index (χ3v) is 6.50. The van der Waals surface area contributed by atoms with Crippen molar-refractivity contribution in [1.29, 1.82) is 0 Å². The molecule has 2 aliphatic carbocycles. The molecule has 9 heteroatoms. The number of fused-ring (bicyclic) bond motifs is 5. The minimum atomic E-state index is -0.631. The van der Waals surface area contributed by atoms with Crippen LogP contribution in [0.25, 0.3) is 0 Å². The van der Waals surface area contributed by atoms with E-state index in [1.807, 2.05) is 12.2 Å². The molecule has 0 radical (unpaired) electrons. The Labute approximate surface area is 181 Å². The maximum Gasteiger partial charge on any atom is 0.294 e. The topological polar surface area (TPSA) is 110 Å². The second-order valence-electron chi connectivity index (χ2n) is 7.93. The summed E-state index contributed by atoms with van der Waals surface area (Å²) in [6.45, 7) is 0. The van der Waals surface area contributed by atoms with Crippen LogP contribution in [-0.2, 0) is 9.59 Å². The van der Waals surface area contributed by atoms with E-state index in [-0.39, 0.29) is 57.4 Å². The zero-order valence-electron chi connectivity index (χ0n) is 16.0. The molecule has 0 spiro atoms. The first kappa shape index (κ1) is 19.4. The van der Waals surface area contributed by atoms with Crippen LogP contribution in [0.5, 0.6) is 0 Å². The van der Waals surface area contributed by atoms with Gasteiger partial charge in [0.2, 0.25) is 11.8 Å². The van der Waals surface area contributed by atoms with Crippen molar-refractivity contribution in [2.45, 2.75) is 6.42 Å². The first-order valence-electron chi connectivity index (χ1n) is 9.76. The maximum atomic E-state index is 12.9. The van der Waals surface area contributed by atoms with Crippen LogP contribution < -0.4 is 10.2 Å². The number of imide groups is 1. The highest BCUT2D eigenvalue weighted by molar-refractivity contribution is 6.31. The van der Waals surface area contributed by atoms with Crippen molar-refractivity contribution in [3.8, 4) is 0 Å². The third kappa shape index (κ3) is 3.02. The highest BCUT2D eigenvalue weighted by Gasteiger charge is 2.59. The van der Waals surface area contributed by atoms with E-state index in [0.29, 0.717) is 5.69 Å². The average Bonchev–Trinajstić information content (AvgIpc) is 3.43. The summed E-state index contributed by atoms with van der Waals surface area (Å²) in [6.07, 6.45) is 4.92. The number of nitrogens with one attached hydrogen (secondary N) is 1. The summed E-state index contributed by atoms with van der Waals surface area (Å²) in [6, 6.07) is 9.99. The molecule has 1 saturated heterocycles. The molecule has 4 atom stereocenters. The molecule has 1 heterocycles. The SMILES string of the molecule is O=C(Nc1ccc(Cl)cc1[N+](=O)[O-])c1ccc(N2C(=O)[C@@H]3[C@@H](C2=O)[C@H]2C=C[C@@H]3C2)cc1. The number of allylic oxidation sites excluding steroid dienone is 2. The van der Waals surface area contributed by atoms with Crippen molar-refractivity contribution in [3.63, 3.8) is 0 Å². The molecule has 156 valence electrons. The van der Waals surface area contributed by atoms with Crippen LogP contribution in [0.2, 0.25) is 5.02 Å². The molecule has 2 bridgehead atoms. The number of hydrogen-bond acceptors (Lipinski definition) is 5. The summed E-state index contributed by atoms with van der Waals surface area (Å²) < 4.78 is 0. The lowest BCUT2D eigenvalue weighted by Gasteiger charge is -2.17. The minimum Gasteiger partial charge on any atom is -0.316 e. The Kier molecular flexibility index (Phi) is 4.40. The van der Waals surface area contributed by atoms with Gasteiger partial charge in [-0.25, -0.2) is 0 Å². The number of nitrogens with zero attached hydrogens (tertiary/aromatic N) is 2. The highest BCUT2D eigenvalue weighted by atomic mass is 35.5. The van der Waals surface area contributed by atoms with Gasteiger partial charge in [0.15, 0.2) is 0 Å². The van der Waals surface area contributed by atoms with Gasteiger partial charge in [0.05, 0.1) is 22.4 Å². The second kappa shape index (κ2) is 7.02. The van der Waals surface area contributed by atoms with Gasteiger partial charge in [-0.15, -0.1) is 0 Å². The van der Waals surface area contributed by atoms with Crippen molar-refractivity contribution in [2.24, 2.45) is 23.7 Å². The molecule has 31 heavy (non-hydrogen) atoms. The van der Waals surface area contributed by atoms with Gasteiger partial charge < -0.3 is 5.32 Å². The van der Waals surface area contributed by atoms with Gasteiger partial charge in [-0.3, -0.25) is 29.4 Å². The standard InChI is InChI=1S/C22H16ClN3O5/c23-14-5-8-16(17(10-14)26(30)31)24-20(27)11-3-6-15(7-4-11)25-21(28)18-12-1-2-13(9-12)19(18)22(25)29/h1-8,10,12-13,18-19H,9H2,(H,24,27)/t12-,13+,18-,19-/m0/s1. The van der Waals surface area contributed by atoms with Crippen molar-refractivity contribution < 1.29 is 19.3 Å². The van der Waals surface area contributed by atoms with Crippen molar-refractivity contribution >= 4 is 46.4 Å². The van der Waals surface area contributed by atoms with Gasteiger partial charge in [-0.1, -0.05) is 23.8 Å². The Morgan fingerprint density at radius 3 is 2.23 bits per heavy atom. The lowest BCUT2D eigenvalue weighted by molar-refractivity contribution is -0.383. The van der Waals surface area contributed by atoms with E-state index < -0.39 is 10.8 Å². The van der Waals surface area contributed by atoms with Crippen LogP contribution >= 0.6 is 11.6 Å². The molecule has 0 unspecified atom stereocenters. The number of benzene rings is 2. The number of nitro groups is 1. The Morgan fingerprint density at radius 2 is 1.65 bits per heavy atom. The Morgan fingerprint density at radius 1 is 1.03 bits per heavy atom. The van der Waals surface area contributed by atoms with Crippen LogP contribution in [-0.4, -0.2) is 22.6 Å². The molecule has 2 aromatic carbocycles. The Balaban J connectivity index is 1.35. The first-order valence-corrected chi connectivity index (χ1v) is 10.1. The number of rotatable bonds is 4. The minimum absolute atomic E-state index is 0.0178. The van der Waals surface area contributed by atoms with Gasteiger partial charge in [0, 0.05) is 16.7 Å². The molecule has 2 fully saturated rings. The smallest absolute Gasteiger partial charge is 0.294 e. The van der Waals surface area contributed by atoms with Gasteiger partial charge in [0.1, 0.15) is 5.69 Å². The fourth-order valence-corrected chi connectivity index (χ4v) is 5.04. The number of anilines is 2. The molecular formula is C22H16ClN3O5. The number of amides is 3. The summed E-state index contributed by atoms with van der Waals surface area (Å²) in [5.41, 5.74) is 0.344. The quantitative estimate of drug-likeness (QED) is 0.338. The van der Waals surface area contributed by atoms with Crippen molar-refractivity contribution in [3.05, 3.63) is 75.3 Å². The second-order valence-corrected chi connectivity index (χ2v) is 8.37. The van der Waals surface area contributed by atoms with E-state index in [9.17, 15) is 24.5 Å². The lowest BCUT2D eigenvalue weighted by atomic mass is 9.85. The number of halogens is 1. The zero-order chi connectivity index (χ0) is 21.9. The lowest BCUT2D eigenvalue weighted by Crippen LogP contribution is -2.32. The van der Waals surface area contributed by atoms with Crippen molar-refractivity contribution in [2.75, 3.05) is 10.2 Å². The molecule has 8 nitrogen and oxygen atoms in total. The first-order chi connectivity index (χ1) is 14.8. The fourth-order valence-electron chi connectivity index (χ4n) is 4.87. The fraction of sp³-hybridized carbons (Fsp3) is 0.227. The van der Waals surface area contributed by atoms with E-state index in [4.69, 9.17) is 11.6 Å². The van der Waals surface area contributed by atoms with Gasteiger partial charge in [-0.05, 0) is 54.7 Å². The molecular weight excluding hydrogens is 422 g/mol. The molecule has 3 aliphatic rings. The van der Waals surface area contributed by atoms with E-state index in [2.05, 4.69) is 5.32 Å². The molecule has 2 aromatic rings. The normalized spacial score (nSPS) is 25.8. The number of carbonyl (C=O) groups is 3. The van der Waals surface area contributed by atoms with E-state index in [1.54, 1.807) is 0 Å². The van der Waals surface area contributed by atoms with Gasteiger partial charge >= 0.3 is 0 Å². The summed E-state index contributed by atoms with van der Waals surface area (Å²) in [5.74, 6) is -1.29. The molecule has 1 aliphatic heterocycles. The summed E-state index contributed by atoms with van der Waals surface area (Å²) in [5, 5.41) is 13.9. The van der Waals surface area contributed by atoms with Crippen molar-refractivity contribution in [1.82, 2.24) is 0 Å². The average molecular weight is 438 g/mol. The Bertz CT molecular complexity index is 1150. The van der Waals surface area contributed by atoms with Crippen LogP contribution in [0.1, 0.15) is 16.8 Å². The molecule has 3 amide bonds. The highest BCUT2D eigenvalue weighted by Crippen LogP contribution is 2.53.